The maximum absolute atomic E-state index is 14.0. The highest BCUT2D eigenvalue weighted by Crippen LogP contribution is 2.12. The van der Waals surface area contributed by atoms with Crippen molar-refractivity contribution in [1.29, 1.82) is 0 Å². The fourth-order valence-corrected chi connectivity index (χ4v) is 8.79. The highest BCUT2D eigenvalue weighted by molar-refractivity contribution is 6.03. The molecule has 0 radical (unpaired) electrons. The lowest BCUT2D eigenvalue weighted by Gasteiger charge is -2.20. The molecule has 0 saturated heterocycles. The van der Waals surface area contributed by atoms with E-state index < -0.39 is 71.4 Å². The van der Waals surface area contributed by atoms with E-state index in [0.717, 1.165) is 103 Å². The Morgan fingerprint density at radius 2 is 0.744 bits per heavy atom. The van der Waals surface area contributed by atoms with E-state index in [9.17, 15) is 38.4 Å². The van der Waals surface area contributed by atoms with Gasteiger partial charge in [0, 0.05) is 48.4 Å². The Morgan fingerprint density at radius 3 is 1.05 bits per heavy atom. The predicted octanol–water partition coefficient (Wildman–Crippen LogP) is 4.20. The number of carbonyl (C=O) groups excluding carboxylic acids is 8. The molecule has 4 atom stereocenters. The predicted molar refractivity (Wildman–Crippen MR) is 306 cm³/mol. The van der Waals surface area contributed by atoms with Gasteiger partial charge in [0.2, 0.25) is 23.6 Å². The van der Waals surface area contributed by atoms with Gasteiger partial charge in [-0.1, -0.05) is 127 Å². The number of fused-ring (bicyclic) bond motifs is 8. The SMILES string of the molecule is CCCCCCNC(=O)[C@@H]1COCc2cn(nn2)C[C@@H](C(=O)NCCCCCC)NC(=O)c2cccc(c2)C(=O)N[C@H](C(=O)NCCCCCC)Cn2cc(nn2)COC[C@@H](C(=O)NCCCCCC)NC(=O)c2cccc(c2)C(=O)N1. The second-order valence-electron chi connectivity index (χ2n) is 20.6. The highest BCUT2D eigenvalue weighted by Gasteiger charge is 2.28. The number of amides is 8. The Bertz CT molecular complexity index is 2490. The number of nitrogens with zero attached hydrogens (tertiary/aromatic N) is 6. The Hall–Kier alpha value is -7.60. The van der Waals surface area contributed by atoms with E-state index in [2.05, 4.69) is 90.9 Å². The van der Waals surface area contributed by atoms with E-state index in [1.54, 1.807) is 0 Å². The first kappa shape index (κ1) is 65.2. The fourth-order valence-electron chi connectivity index (χ4n) is 8.79. The zero-order chi connectivity index (χ0) is 58.9. The van der Waals surface area contributed by atoms with Crippen molar-refractivity contribution in [3.05, 3.63) is 94.6 Å². The largest absolute Gasteiger partial charge is 0.372 e. The van der Waals surface area contributed by atoms with Crippen LogP contribution in [0.2, 0.25) is 0 Å². The summed E-state index contributed by atoms with van der Waals surface area (Å²) in [6.45, 7) is 8.67. The monoisotopic (exact) mass is 1140 g/mol. The average molecular weight is 1140 g/mol. The molecule has 0 saturated carbocycles. The number of unbranched alkanes of at least 4 members (excludes halogenated alkanes) is 12. The minimum Gasteiger partial charge on any atom is -0.372 e. The lowest BCUT2D eigenvalue weighted by atomic mass is 10.1. The van der Waals surface area contributed by atoms with Gasteiger partial charge in [0.25, 0.3) is 23.6 Å². The first-order valence-electron chi connectivity index (χ1n) is 29.3. The molecule has 0 aliphatic carbocycles. The number of benzene rings is 2. The molecule has 3 heterocycles. The summed E-state index contributed by atoms with van der Waals surface area (Å²) >= 11 is 0. The third-order valence-electron chi connectivity index (χ3n) is 13.6. The molecule has 0 spiro atoms. The number of nitrogens with one attached hydrogen (secondary N) is 8. The quantitative estimate of drug-likeness (QED) is 0.0457. The van der Waals surface area contributed by atoms with Crippen molar-refractivity contribution in [3.8, 4) is 0 Å². The van der Waals surface area contributed by atoms with Crippen molar-refractivity contribution in [2.75, 3.05) is 39.4 Å². The Balaban J connectivity index is 1.46. The summed E-state index contributed by atoms with van der Waals surface area (Å²) in [7, 11) is 0. The summed E-state index contributed by atoms with van der Waals surface area (Å²) in [5.74, 6) is -4.57. The van der Waals surface area contributed by atoms with E-state index >= 15 is 0 Å². The molecule has 8 bridgehead atoms. The minimum atomic E-state index is -1.18. The third-order valence-corrected chi connectivity index (χ3v) is 13.6. The van der Waals surface area contributed by atoms with Gasteiger partial charge in [-0.15, -0.1) is 10.2 Å². The molecule has 4 aromatic rings. The van der Waals surface area contributed by atoms with Crippen LogP contribution in [-0.4, -0.2) is 141 Å². The van der Waals surface area contributed by atoms with Crippen LogP contribution in [0, 0.1) is 0 Å². The van der Waals surface area contributed by atoms with Crippen LogP contribution in [0.1, 0.15) is 183 Å². The maximum atomic E-state index is 14.0. The summed E-state index contributed by atoms with van der Waals surface area (Å²) in [5, 5.41) is 39.5. The van der Waals surface area contributed by atoms with Crippen LogP contribution in [0.15, 0.2) is 60.9 Å². The van der Waals surface area contributed by atoms with Gasteiger partial charge in [0.15, 0.2) is 0 Å². The minimum absolute atomic E-state index is 0.0594. The van der Waals surface area contributed by atoms with Gasteiger partial charge in [-0.3, -0.25) is 38.4 Å². The Morgan fingerprint density at radius 1 is 0.451 bits per heavy atom. The van der Waals surface area contributed by atoms with Crippen molar-refractivity contribution in [2.24, 2.45) is 0 Å². The lowest BCUT2D eigenvalue weighted by molar-refractivity contribution is -0.125. The molecule has 0 unspecified atom stereocenters. The third kappa shape index (κ3) is 23.1. The van der Waals surface area contributed by atoms with E-state index in [4.69, 9.17) is 9.47 Å². The molecular weight excluding hydrogens is 1050 g/mol. The molecule has 448 valence electrons. The highest BCUT2D eigenvalue weighted by atomic mass is 16.5. The van der Waals surface area contributed by atoms with E-state index in [-0.39, 0.29) is 61.8 Å². The average Bonchev–Trinajstić information content (AvgIpc) is 4.23. The Labute approximate surface area is 480 Å². The van der Waals surface area contributed by atoms with Gasteiger partial charge < -0.3 is 52.0 Å². The summed E-state index contributed by atoms with van der Waals surface area (Å²) in [5.41, 5.74) is 0.889. The van der Waals surface area contributed by atoms with Gasteiger partial charge in [-0.05, 0) is 62.1 Å². The van der Waals surface area contributed by atoms with Gasteiger partial charge in [0.1, 0.15) is 35.6 Å². The van der Waals surface area contributed by atoms with Gasteiger partial charge in [0.05, 0.1) is 51.9 Å². The number of hydrogen-bond acceptors (Lipinski definition) is 14. The zero-order valence-electron chi connectivity index (χ0n) is 48.2. The summed E-state index contributed by atoms with van der Waals surface area (Å²) in [6.07, 6.45) is 17.7. The van der Waals surface area contributed by atoms with Gasteiger partial charge in [-0.2, -0.15) is 0 Å². The standard InChI is InChI=1S/C58H86N14O10/c1-5-9-13-17-27-59-55(77)47-35-71-33-45(67-69-71)37-81-39-49(57(79)61-29-19-15-11-7-3)65-53(75)43-25-22-26-44(32-43)54(76)66-50(58(80)62-30-20-16-12-8-4)40-82-38-46-34-72(70-68-46)36-48(56(78)60-28-18-14-10-6-2)64-52(74)42-24-21-23-41(31-42)51(73)63-47/h21-26,31-34,47-50H,5-20,27-30,35-40H2,1-4H3,(H,59,77)(H,60,78)(H,61,79)(H,62,80)(H,63,73)(H,64,74)(H,65,75)(H,66,76)/t47-,48-,49-,50-/m0/s1. The number of aromatic nitrogens is 6. The lowest BCUT2D eigenvalue weighted by Crippen LogP contribution is -2.50. The molecular formula is C58H86N14O10. The molecule has 1 aliphatic heterocycles. The van der Waals surface area contributed by atoms with Crippen molar-refractivity contribution in [2.45, 2.75) is 181 Å². The second-order valence-corrected chi connectivity index (χ2v) is 20.6. The van der Waals surface area contributed by atoms with Crippen LogP contribution in [0.25, 0.3) is 0 Å². The molecule has 24 nitrogen and oxygen atoms in total. The molecule has 1 aliphatic rings. The van der Waals surface area contributed by atoms with Crippen LogP contribution < -0.4 is 42.5 Å². The van der Waals surface area contributed by atoms with Crippen molar-refractivity contribution in [1.82, 2.24) is 72.5 Å². The number of carbonyl (C=O) groups is 8. The topological polar surface area (TPSA) is 313 Å². The first-order chi connectivity index (χ1) is 39.8. The molecule has 2 aromatic heterocycles. The van der Waals surface area contributed by atoms with Crippen molar-refractivity contribution < 1.29 is 47.8 Å². The maximum Gasteiger partial charge on any atom is 0.252 e. The van der Waals surface area contributed by atoms with E-state index in [1.165, 1.54) is 70.3 Å². The van der Waals surface area contributed by atoms with Gasteiger partial charge >= 0.3 is 0 Å². The molecule has 2 aromatic carbocycles. The molecule has 24 heteroatoms. The molecule has 8 amide bonds. The first-order valence-corrected chi connectivity index (χ1v) is 29.3. The van der Waals surface area contributed by atoms with Crippen LogP contribution >= 0.6 is 0 Å². The molecule has 5 rings (SSSR count). The van der Waals surface area contributed by atoms with Crippen molar-refractivity contribution in [3.63, 3.8) is 0 Å². The molecule has 82 heavy (non-hydrogen) atoms. The second kappa shape index (κ2) is 36.7. The molecule has 0 fully saturated rings. The van der Waals surface area contributed by atoms with Crippen LogP contribution in [0.3, 0.4) is 0 Å². The van der Waals surface area contributed by atoms with Crippen LogP contribution in [0.4, 0.5) is 0 Å². The number of hydrogen-bond donors (Lipinski definition) is 8. The van der Waals surface area contributed by atoms with Crippen LogP contribution in [-0.2, 0) is 55.0 Å². The Kier molecular flexibility index (Phi) is 29.2. The van der Waals surface area contributed by atoms with E-state index in [1.807, 2.05) is 0 Å². The number of rotatable bonds is 24. The number of ether oxygens (including phenoxy) is 2. The summed E-state index contributed by atoms with van der Waals surface area (Å²) in [6, 6.07) is 7.07. The summed E-state index contributed by atoms with van der Waals surface area (Å²) < 4.78 is 14.7. The van der Waals surface area contributed by atoms with Crippen LogP contribution in [0.5, 0.6) is 0 Å². The zero-order valence-corrected chi connectivity index (χ0v) is 48.2. The van der Waals surface area contributed by atoms with Crippen molar-refractivity contribution >= 4 is 47.3 Å². The normalized spacial score (nSPS) is 17.8. The fraction of sp³-hybridized carbons (Fsp3) is 0.586. The smallest absolute Gasteiger partial charge is 0.252 e. The van der Waals surface area contributed by atoms with Gasteiger partial charge in [-0.25, -0.2) is 9.36 Å². The molecule has 8 N–H and O–H groups in total. The van der Waals surface area contributed by atoms with E-state index in [0.29, 0.717) is 37.6 Å². The summed E-state index contributed by atoms with van der Waals surface area (Å²) in [4.78, 5) is 111.